The Hall–Kier alpha value is -3.08. The number of furan rings is 1. The van der Waals surface area contributed by atoms with Crippen molar-refractivity contribution < 1.29 is 9.15 Å². The molecule has 5 heteroatoms. The summed E-state index contributed by atoms with van der Waals surface area (Å²) in [6.07, 6.45) is 4.40. The maximum absolute atomic E-state index is 5.69. The van der Waals surface area contributed by atoms with Gasteiger partial charge < -0.3 is 14.1 Å². The molecule has 24 heavy (non-hydrogen) atoms. The summed E-state index contributed by atoms with van der Waals surface area (Å²) in [5.41, 5.74) is 3.45. The van der Waals surface area contributed by atoms with Gasteiger partial charge in [-0.3, -0.25) is 0 Å². The highest BCUT2D eigenvalue weighted by atomic mass is 16.5. The lowest BCUT2D eigenvalue weighted by Gasteiger charge is -2.05. The van der Waals surface area contributed by atoms with Gasteiger partial charge in [0.2, 0.25) is 0 Å². The highest BCUT2D eigenvalue weighted by molar-refractivity contribution is 5.80. The van der Waals surface area contributed by atoms with Gasteiger partial charge in [-0.25, -0.2) is 9.97 Å². The van der Waals surface area contributed by atoms with Crippen LogP contribution in [0.15, 0.2) is 59.3 Å². The number of aromatic nitrogens is 3. The molecule has 3 heterocycles. The predicted octanol–water partition coefficient (Wildman–Crippen LogP) is 4.67. The van der Waals surface area contributed by atoms with Crippen molar-refractivity contribution in [3.05, 3.63) is 54.9 Å². The number of imidazole rings is 1. The molecule has 0 fully saturated rings. The minimum absolute atomic E-state index is 0.681. The number of benzene rings is 1. The monoisotopic (exact) mass is 319 g/mol. The second kappa shape index (κ2) is 6.20. The summed E-state index contributed by atoms with van der Waals surface area (Å²) in [5.74, 6) is 2.41. The van der Waals surface area contributed by atoms with Gasteiger partial charge in [-0.1, -0.05) is 19.1 Å². The Morgan fingerprint density at radius 1 is 1.12 bits per heavy atom. The predicted molar refractivity (Wildman–Crippen MR) is 92.8 cm³/mol. The molecule has 1 aromatic carbocycles. The summed E-state index contributed by atoms with van der Waals surface area (Å²) in [7, 11) is 0. The topological polar surface area (TPSA) is 63.9 Å². The number of hydrogen-bond donors (Lipinski definition) is 1. The third kappa shape index (κ3) is 2.76. The van der Waals surface area contributed by atoms with Gasteiger partial charge in [-0.05, 0) is 36.8 Å². The molecule has 120 valence electrons. The van der Waals surface area contributed by atoms with Gasteiger partial charge in [0.05, 0.1) is 18.4 Å². The van der Waals surface area contributed by atoms with Crippen LogP contribution < -0.4 is 4.74 Å². The van der Waals surface area contributed by atoms with Gasteiger partial charge in [-0.2, -0.15) is 0 Å². The molecule has 1 N–H and O–H groups in total. The smallest absolute Gasteiger partial charge is 0.178 e. The molecular weight excluding hydrogens is 302 g/mol. The molecule has 0 atom stereocenters. The van der Waals surface area contributed by atoms with Crippen molar-refractivity contribution in [2.24, 2.45) is 0 Å². The Bertz CT molecular complexity index is 958. The highest BCUT2D eigenvalue weighted by Gasteiger charge is 2.09. The van der Waals surface area contributed by atoms with E-state index in [1.807, 2.05) is 42.5 Å². The Labute approximate surface area is 139 Å². The van der Waals surface area contributed by atoms with E-state index in [0.29, 0.717) is 12.3 Å². The number of nitrogens with one attached hydrogen (secondary N) is 1. The second-order valence-electron chi connectivity index (χ2n) is 5.53. The minimum Gasteiger partial charge on any atom is -0.494 e. The summed E-state index contributed by atoms with van der Waals surface area (Å²) in [6, 6.07) is 13.7. The number of pyridine rings is 1. The normalized spacial score (nSPS) is 11.0. The molecule has 0 unspecified atom stereocenters. The molecule has 0 aliphatic carbocycles. The van der Waals surface area contributed by atoms with Crippen molar-refractivity contribution in [1.29, 1.82) is 0 Å². The Balaban J connectivity index is 1.70. The summed E-state index contributed by atoms with van der Waals surface area (Å²) >= 11 is 0. The first-order chi connectivity index (χ1) is 11.8. The molecule has 0 saturated carbocycles. The van der Waals surface area contributed by atoms with Gasteiger partial charge in [0.25, 0.3) is 0 Å². The van der Waals surface area contributed by atoms with E-state index in [4.69, 9.17) is 9.15 Å². The fourth-order valence-corrected chi connectivity index (χ4v) is 2.57. The van der Waals surface area contributed by atoms with E-state index >= 15 is 0 Å². The number of fused-ring (bicyclic) bond motifs is 1. The molecule has 0 saturated heterocycles. The lowest BCUT2D eigenvalue weighted by molar-refractivity contribution is 0.317. The maximum atomic E-state index is 5.69. The quantitative estimate of drug-likeness (QED) is 0.580. The van der Waals surface area contributed by atoms with E-state index in [9.17, 15) is 0 Å². The van der Waals surface area contributed by atoms with E-state index in [-0.39, 0.29) is 0 Å². The Morgan fingerprint density at radius 3 is 2.92 bits per heavy atom. The van der Waals surface area contributed by atoms with Gasteiger partial charge in [-0.15, -0.1) is 0 Å². The zero-order valence-corrected chi connectivity index (χ0v) is 13.3. The zero-order chi connectivity index (χ0) is 16.4. The molecule has 0 bridgehead atoms. The molecule has 0 radical (unpaired) electrons. The third-order valence-electron chi connectivity index (χ3n) is 3.72. The molecule has 0 aliphatic heterocycles. The number of hydrogen-bond acceptors (Lipinski definition) is 4. The standard InChI is InChI=1S/C19H17N3O2/c1-2-8-23-15-6-3-5-13(10-15)18-21-16-11-14(12-20-19(16)22-18)17-7-4-9-24-17/h3-7,9-12H,2,8H2,1H3,(H,20,21,22). The van der Waals surface area contributed by atoms with Crippen LogP contribution in [0.5, 0.6) is 5.75 Å². The van der Waals surface area contributed by atoms with Crippen molar-refractivity contribution in [2.75, 3.05) is 6.61 Å². The SMILES string of the molecule is CCCOc1cccc(-c2nc3ncc(-c4ccco4)cc3[nH]2)c1. The lowest BCUT2D eigenvalue weighted by atomic mass is 10.2. The average Bonchev–Trinajstić information content (AvgIpc) is 3.28. The van der Waals surface area contributed by atoms with Crippen LogP contribution in [0.3, 0.4) is 0 Å². The first kappa shape index (κ1) is 14.5. The number of ether oxygens (including phenoxy) is 1. The van der Waals surface area contributed by atoms with Gasteiger partial charge in [0, 0.05) is 17.3 Å². The van der Waals surface area contributed by atoms with E-state index in [1.165, 1.54) is 0 Å². The van der Waals surface area contributed by atoms with Gasteiger partial charge >= 0.3 is 0 Å². The van der Waals surface area contributed by atoms with E-state index in [2.05, 4.69) is 21.9 Å². The van der Waals surface area contributed by atoms with E-state index in [1.54, 1.807) is 12.5 Å². The number of aromatic amines is 1. The number of nitrogens with zero attached hydrogens (tertiary/aromatic N) is 2. The van der Waals surface area contributed by atoms with Crippen LogP contribution in [0.4, 0.5) is 0 Å². The van der Waals surface area contributed by atoms with Crippen LogP contribution in [0.2, 0.25) is 0 Å². The molecule has 4 aromatic rings. The molecule has 3 aromatic heterocycles. The van der Waals surface area contributed by atoms with Crippen molar-refractivity contribution in [1.82, 2.24) is 15.0 Å². The van der Waals surface area contributed by atoms with Crippen LogP contribution in [-0.4, -0.2) is 21.6 Å². The van der Waals surface area contributed by atoms with Crippen LogP contribution in [0.25, 0.3) is 33.9 Å². The van der Waals surface area contributed by atoms with Crippen molar-refractivity contribution >= 4 is 11.2 Å². The van der Waals surface area contributed by atoms with Crippen molar-refractivity contribution in [2.45, 2.75) is 13.3 Å². The summed E-state index contributed by atoms with van der Waals surface area (Å²) < 4.78 is 11.1. The number of rotatable bonds is 5. The fraction of sp³-hybridized carbons (Fsp3) is 0.158. The first-order valence-electron chi connectivity index (χ1n) is 7.96. The molecular formula is C19H17N3O2. The van der Waals surface area contributed by atoms with E-state index < -0.39 is 0 Å². The third-order valence-corrected chi connectivity index (χ3v) is 3.72. The summed E-state index contributed by atoms with van der Waals surface area (Å²) in [6.45, 7) is 2.79. The van der Waals surface area contributed by atoms with Gasteiger partial charge in [0.15, 0.2) is 5.65 Å². The first-order valence-corrected chi connectivity index (χ1v) is 7.96. The van der Waals surface area contributed by atoms with Crippen molar-refractivity contribution in [3.8, 4) is 28.5 Å². The van der Waals surface area contributed by atoms with Crippen molar-refractivity contribution in [3.63, 3.8) is 0 Å². The minimum atomic E-state index is 0.681. The second-order valence-corrected chi connectivity index (χ2v) is 5.53. The molecule has 0 aliphatic rings. The maximum Gasteiger partial charge on any atom is 0.178 e. The van der Waals surface area contributed by atoms with Gasteiger partial charge in [0.1, 0.15) is 17.3 Å². The molecule has 5 nitrogen and oxygen atoms in total. The van der Waals surface area contributed by atoms with Crippen LogP contribution in [-0.2, 0) is 0 Å². The molecule has 0 spiro atoms. The fourth-order valence-electron chi connectivity index (χ4n) is 2.57. The lowest BCUT2D eigenvalue weighted by Crippen LogP contribution is -1.94. The molecule has 4 rings (SSSR count). The van der Waals surface area contributed by atoms with Crippen LogP contribution >= 0.6 is 0 Å². The average molecular weight is 319 g/mol. The summed E-state index contributed by atoms with van der Waals surface area (Å²) in [5, 5.41) is 0. The van der Waals surface area contributed by atoms with E-state index in [0.717, 1.165) is 40.4 Å². The Kier molecular flexibility index (Phi) is 3.75. The largest absolute Gasteiger partial charge is 0.494 e. The zero-order valence-electron chi connectivity index (χ0n) is 13.3. The Morgan fingerprint density at radius 2 is 2.08 bits per heavy atom. The summed E-state index contributed by atoms with van der Waals surface area (Å²) in [4.78, 5) is 12.3. The highest BCUT2D eigenvalue weighted by Crippen LogP contribution is 2.26. The van der Waals surface area contributed by atoms with Crippen LogP contribution in [0.1, 0.15) is 13.3 Å². The van der Waals surface area contributed by atoms with Crippen LogP contribution in [0, 0.1) is 0 Å². The number of H-pyrrole nitrogens is 1. The molecule has 0 amide bonds.